The van der Waals surface area contributed by atoms with E-state index in [0.29, 0.717) is 12.6 Å². The molecule has 3 nitrogen and oxygen atoms in total. The van der Waals surface area contributed by atoms with Crippen LogP contribution in [0.5, 0.6) is 0 Å². The number of nitrogens with one attached hydrogen (secondary N) is 1. The maximum Gasteiger partial charge on any atom is 0.209 e. The zero-order valence-electron chi connectivity index (χ0n) is 9.37. The molecule has 0 unspecified atom stereocenters. The normalized spacial score (nSPS) is 11.5. The van der Waals surface area contributed by atoms with Gasteiger partial charge in [0, 0.05) is 6.04 Å². The molecule has 2 rings (SSSR count). The number of aryl methyl sites for hydroxylation is 1. The molecule has 3 heteroatoms. The van der Waals surface area contributed by atoms with Gasteiger partial charge in [-0.15, -0.1) is 0 Å². The van der Waals surface area contributed by atoms with Gasteiger partial charge in [-0.1, -0.05) is 19.9 Å². The van der Waals surface area contributed by atoms with Crippen LogP contribution in [0.1, 0.15) is 25.3 Å². The Bertz CT molecular complexity index is 460. The van der Waals surface area contributed by atoms with Crippen molar-refractivity contribution in [1.29, 1.82) is 0 Å². The molecule has 0 aliphatic carbocycles. The van der Waals surface area contributed by atoms with Crippen molar-refractivity contribution in [3.8, 4) is 0 Å². The maximum absolute atomic E-state index is 5.63. The lowest BCUT2D eigenvalue weighted by atomic mass is 10.2. The molecule has 0 atom stereocenters. The van der Waals surface area contributed by atoms with Gasteiger partial charge in [0.05, 0.1) is 6.54 Å². The topological polar surface area (TPSA) is 38.1 Å². The van der Waals surface area contributed by atoms with Crippen LogP contribution in [0.4, 0.5) is 0 Å². The first-order valence-corrected chi connectivity index (χ1v) is 5.24. The van der Waals surface area contributed by atoms with Crippen molar-refractivity contribution in [1.82, 2.24) is 10.3 Å². The van der Waals surface area contributed by atoms with Crippen molar-refractivity contribution in [2.75, 3.05) is 0 Å². The fourth-order valence-corrected chi connectivity index (χ4v) is 1.45. The minimum Gasteiger partial charge on any atom is -0.439 e. The lowest BCUT2D eigenvalue weighted by molar-refractivity contribution is 0.472. The lowest BCUT2D eigenvalue weighted by Crippen LogP contribution is -2.21. The van der Waals surface area contributed by atoms with Gasteiger partial charge in [-0.05, 0) is 24.6 Å². The summed E-state index contributed by atoms with van der Waals surface area (Å²) in [5, 5.41) is 3.28. The van der Waals surface area contributed by atoms with E-state index in [1.165, 1.54) is 5.56 Å². The Morgan fingerprint density at radius 1 is 1.40 bits per heavy atom. The number of fused-ring (bicyclic) bond motifs is 1. The van der Waals surface area contributed by atoms with Crippen LogP contribution in [-0.4, -0.2) is 11.0 Å². The molecule has 0 fully saturated rings. The number of rotatable bonds is 3. The van der Waals surface area contributed by atoms with E-state index in [9.17, 15) is 0 Å². The van der Waals surface area contributed by atoms with Gasteiger partial charge in [-0.25, -0.2) is 4.98 Å². The number of aromatic nitrogens is 1. The molecule has 2 aromatic rings. The highest BCUT2D eigenvalue weighted by atomic mass is 16.3. The summed E-state index contributed by atoms with van der Waals surface area (Å²) in [7, 11) is 0. The largest absolute Gasteiger partial charge is 0.439 e. The molecule has 1 aromatic heterocycles. The standard InChI is InChI=1S/C12H16N2O/c1-8(2)13-7-12-14-10-5-4-9(3)6-11(10)15-12/h4-6,8,13H,7H2,1-3H3. The lowest BCUT2D eigenvalue weighted by Gasteiger charge is -2.03. The van der Waals surface area contributed by atoms with Crippen LogP contribution in [-0.2, 0) is 6.54 Å². The van der Waals surface area contributed by atoms with Crippen LogP contribution < -0.4 is 5.32 Å². The quantitative estimate of drug-likeness (QED) is 0.835. The van der Waals surface area contributed by atoms with E-state index in [0.717, 1.165) is 17.0 Å². The Labute approximate surface area is 89.5 Å². The van der Waals surface area contributed by atoms with Gasteiger partial charge in [-0.3, -0.25) is 0 Å². The fourth-order valence-electron chi connectivity index (χ4n) is 1.45. The Morgan fingerprint density at radius 3 is 2.93 bits per heavy atom. The molecule has 1 N–H and O–H groups in total. The van der Waals surface area contributed by atoms with Crippen molar-refractivity contribution in [2.45, 2.75) is 33.4 Å². The number of hydrogen-bond acceptors (Lipinski definition) is 3. The van der Waals surface area contributed by atoms with E-state index in [1.807, 2.05) is 25.1 Å². The fraction of sp³-hybridized carbons (Fsp3) is 0.417. The van der Waals surface area contributed by atoms with Crippen molar-refractivity contribution < 1.29 is 4.42 Å². The smallest absolute Gasteiger partial charge is 0.209 e. The highest BCUT2D eigenvalue weighted by Crippen LogP contribution is 2.16. The first kappa shape index (κ1) is 10.2. The monoisotopic (exact) mass is 204 g/mol. The first-order valence-electron chi connectivity index (χ1n) is 5.24. The number of nitrogens with zero attached hydrogens (tertiary/aromatic N) is 1. The summed E-state index contributed by atoms with van der Waals surface area (Å²) in [4.78, 5) is 4.40. The maximum atomic E-state index is 5.63. The zero-order chi connectivity index (χ0) is 10.8. The van der Waals surface area contributed by atoms with E-state index in [2.05, 4.69) is 24.1 Å². The van der Waals surface area contributed by atoms with Gasteiger partial charge >= 0.3 is 0 Å². The van der Waals surface area contributed by atoms with Crippen molar-refractivity contribution in [2.24, 2.45) is 0 Å². The van der Waals surface area contributed by atoms with E-state index in [4.69, 9.17) is 4.42 Å². The summed E-state index contributed by atoms with van der Waals surface area (Å²) >= 11 is 0. The number of benzene rings is 1. The highest BCUT2D eigenvalue weighted by molar-refractivity contribution is 5.73. The van der Waals surface area contributed by atoms with Gasteiger partial charge in [0.15, 0.2) is 5.58 Å². The Morgan fingerprint density at radius 2 is 2.20 bits per heavy atom. The van der Waals surface area contributed by atoms with Crippen LogP contribution in [0.2, 0.25) is 0 Å². The predicted molar refractivity (Wildman–Crippen MR) is 60.7 cm³/mol. The van der Waals surface area contributed by atoms with Crippen LogP contribution in [0, 0.1) is 6.92 Å². The average Bonchev–Trinajstić information content (AvgIpc) is 2.56. The minimum atomic E-state index is 0.446. The van der Waals surface area contributed by atoms with E-state index in [-0.39, 0.29) is 0 Å². The molecule has 0 bridgehead atoms. The van der Waals surface area contributed by atoms with Crippen LogP contribution in [0.25, 0.3) is 11.1 Å². The van der Waals surface area contributed by atoms with Gasteiger partial charge in [0.25, 0.3) is 0 Å². The summed E-state index contributed by atoms with van der Waals surface area (Å²) in [6.07, 6.45) is 0. The molecule has 0 radical (unpaired) electrons. The zero-order valence-corrected chi connectivity index (χ0v) is 9.37. The second kappa shape index (κ2) is 4.03. The third-order valence-electron chi connectivity index (χ3n) is 2.25. The van der Waals surface area contributed by atoms with E-state index < -0.39 is 0 Å². The van der Waals surface area contributed by atoms with Crippen LogP contribution in [0.3, 0.4) is 0 Å². The second-order valence-electron chi connectivity index (χ2n) is 4.11. The molecule has 80 valence electrons. The van der Waals surface area contributed by atoms with Crippen molar-refractivity contribution >= 4 is 11.1 Å². The summed E-state index contributed by atoms with van der Waals surface area (Å²) in [5.74, 6) is 0.754. The van der Waals surface area contributed by atoms with Gasteiger partial charge in [-0.2, -0.15) is 0 Å². The summed E-state index contributed by atoms with van der Waals surface area (Å²) in [6.45, 7) is 6.94. The summed E-state index contributed by atoms with van der Waals surface area (Å²) in [6, 6.07) is 6.50. The molecule has 0 saturated carbocycles. The third kappa shape index (κ3) is 2.36. The first-order chi connectivity index (χ1) is 7.15. The highest BCUT2D eigenvalue weighted by Gasteiger charge is 2.05. The summed E-state index contributed by atoms with van der Waals surface area (Å²) in [5.41, 5.74) is 3.00. The van der Waals surface area contributed by atoms with Crippen molar-refractivity contribution in [3.63, 3.8) is 0 Å². The molecule has 1 heterocycles. The predicted octanol–water partition coefficient (Wildman–Crippen LogP) is 2.63. The Balaban J connectivity index is 2.23. The van der Waals surface area contributed by atoms with Crippen LogP contribution >= 0.6 is 0 Å². The SMILES string of the molecule is Cc1ccc2nc(CNC(C)C)oc2c1. The molecule has 0 spiro atoms. The van der Waals surface area contributed by atoms with E-state index >= 15 is 0 Å². The molecule has 0 aliphatic heterocycles. The second-order valence-corrected chi connectivity index (χ2v) is 4.11. The van der Waals surface area contributed by atoms with Gasteiger partial charge in [0.2, 0.25) is 5.89 Å². The molecular formula is C12H16N2O. The van der Waals surface area contributed by atoms with E-state index in [1.54, 1.807) is 0 Å². The molecule has 1 aromatic carbocycles. The molecule has 0 saturated heterocycles. The van der Waals surface area contributed by atoms with Crippen molar-refractivity contribution in [3.05, 3.63) is 29.7 Å². The third-order valence-corrected chi connectivity index (χ3v) is 2.25. The Kier molecular flexibility index (Phi) is 2.73. The minimum absolute atomic E-state index is 0.446. The van der Waals surface area contributed by atoms with Gasteiger partial charge < -0.3 is 9.73 Å². The summed E-state index contributed by atoms with van der Waals surface area (Å²) < 4.78 is 5.63. The van der Waals surface area contributed by atoms with Gasteiger partial charge in [0.1, 0.15) is 5.52 Å². The Hall–Kier alpha value is -1.35. The molecular weight excluding hydrogens is 188 g/mol. The molecule has 15 heavy (non-hydrogen) atoms. The average molecular weight is 204 g/mol. The molecule has 0 amide bonds. The number of hydrogen-bond donors (Lipinski definition) is 1. The number of oxazole rings is 1. The molecule has 0 aliphatic rings. The van der Waals surface area contributed by atoms with Crippen LogP contribution in [0.15, 0.2) is 22.6 Å².